The van der Waals surface area contributed by atoms with E-state index in [4.69, 9.17) is 11.6 Å². The Bertz CT molecular complexity index is 1010. The van der Waals surface area contributed by atoms with Crippen LogP contribution in [0.4, 0.5) is 24.5 Å². The van der Waals surface area contributed by atoms with Crippen molar-refractivity contribution in [1.29, 1.82) is 0 Å². The maximum Gasteiger partial charge on any atom is 0.416 e. The van der Waals surface area contributed by atoms with Crippen molar-refractivity contribution in [2.75, 3.05) is 15.9 Å². The molecule has 10 heteroatoms. The highest BCUT2D eigenvalue weighted by molar-refractivity contribution is 7.92. The first-order valence-corrected chi connectivity index (χ1v) is 10.8. The first-order valence-electron chi connectivity index (χ1n) is 8.58. The number of carbonyl (C=O) groups excluding carboxylic acids is 1. The van der Waals surface area contributed by atoms with Crippen LogP contribution in [-0.2, 0) is 21.0 Å². The van der Waals surface area contributed by atoms with Gasteiger partial charge in [-0.1, -0.05) is 30.7 Å². The number of halogens is 4. The minimum atomic E-state index is -4.57. The number of rotatable bonds is 6. The van der Waals surface area contributed by atoms with Crippen LogP contribution in [0.1, 0.15) is 24.5 Å². The Morgan fingerprint density at radius 3 is 2.38 bits per heavy atom. The molecule has 158 valence electrons. The third-order valence-electron chi connectivity index (χ3n) is 4.20. The van der Waals surface area contributed by atoms with Gasteiger partial charge in [-0.05, 0) is 49.2 Å². The Balaban J connectivity index is 2.40. The molecule has 0 aliphatic rings. The lowest BCUT2D eigenvalue weighted by atomic mass is 10.1. The number of nitrogens with zero attached hydrogens (tertiary/aromatic N) is 1. The number of sulfonamides is 1. The fraction of sp³-hybridized carbons (Fsp3) is 0.316. The molecule has 0 bridgehead atoms. The molecule has 0 heterocycles. The molecule has 0 spiro atoms. The third kappa shape index (κ3) is 5.63. The van der Waals surface area contributed by atoms with Gasteiger partial charge in [-0.25, -0.2) is 8.42 Å². The molecule has 0 radical (unpaired) electrons. The van der Waals surface area contributed by atoms with Crippen LogP contribution in [0.3, 0.4) is 0 Å². The number of benzene rings is 2. The zero-order chi connectivity index (χ0) is 22.0. The van der Waals surface area contributed by atoms with Crippen LogP contribution in [0.25, 0.3) is 0 Å². The number of aryl methyl sites for hydroxylation is 1. The molecular formula is C19H20ClF3N2O3S. The van der Waals surface area contributed by atoms with Gasteiger partial charge in [-0.2, -0.15) is 13.2 Å². The molecule has 1 N–H and O–H groups in total. The number of nitrogens with one attached hydrogen (secondary N) is 1. The van der Waals surface area contributed by atoms with Crippen molar-refractivity contribution in [3.63, 3.8) is 0 Å². The summed E-state index contributed by atoms with van der Waals surface area (Å²) in [6.07, 6.45) is -3.54. The van der Waals surface area contributed by atoms with E-state index in [1.54, 1.807) is 19.9 Å². The fourth-order valence-electron chi connectivity index (χ4n) is 2.78. The predicted molar refractivity (Wildman–Crippen MR) is 108 cm³/mol. The molecule has 0 unspecified atom stereocenters. The molecule has 5 nitrogen and oxygen atoms in total. The molecular weight excluding hydrogens is 429 g/mol. The van der Waals surface area contributed by atoms with Gasteiger partial charge in [0, 0.05) is 10.7 Å². The maximum absolute atomic E-state index is 12.9. The summed E-state index contributed by atoms with van der Waals surface area (Å²) in [5.74, 6) is -0.756. The second-order valence-electron chi connectivity index (χ2n) is 6.48. The van der Waals surface area contributed by atoms with Crippen LogP contribution in [-0.4, -0.2) is 26.6 Å². The Hall–Kier alpha value is -2.26. The van der Waals surface area contributed by atoms with Crippen LogP contribution in [0.15, 0.2) is 42.5 Å². The van der Waals surface area contributed by atoms with Crippen LogP contribution >= 0.6 is 11.6 Å². The van der Waals surface area contributed by atoms with Gasteiger partial charge in [0.2, 0.25) is 15.9 Å². The molecule has 1 atom stereocenters. The van der Waals surface area contributed by atoms with E-state index in [-0.39, 0.29) is 17.8 Å². The van der Waals surface area contributed by atoms with Gasteiger partial charge in [-0.15, -0.1) is 0 Å². The van der Waals surface area contributed by atoms with Crippen LogP contribution in [0, 0.1) is 6.92 Å². The summed E-state index contributed by atoms with van der Waals surface area (Å²) >= 11 is 6.10. The van der Waals surface area contributed by atoms with E-state index in [2.05, 4.69) is 5.32 Å². The van der Waals surface area contributed by atoms with Crippen LogP contribution < -0.4 is 9.62 Å². The summed E-state index contributed by atoms with van der Waals surface area (Å²) in [6.45, 7) is 3.35. The van der Waals surface area contributed by atoms with Crippen LogP contribution in [0.5, 0.6) is 0 Å². The number of anilines is 2. The van der Waals surface area contributed by atoms with Gasteiger partial charge in [0.1, 0.15) is 6.04 Å². The summed E-state index contributed by atoms with van der Waals surface area (Å²) in [5, 5.41) is 2.70. The average Bonchev–Trinajstić information content (AvgIpc) is 2.60. The number of hydrogen-bond donors (Lipinski definition) is 1. The second kappa shape index (κ2) is 8.62. The molecule has 0 aliphatic carbocycles. The largest absolute Gasteiger partial charge is 0.416 e. The molecule has 2 aromatic rings. The van der Waals surface area contributed by atoms with E-state index < -0.39 is 33.7 Å². The second-order valence-corrected chi connectivity index (χ2v) is 8.75. The first kappa shape index (κ1) is 23.0. The molecule has 0 aliphatic heterocycles. The van der Waals surface area contributed by atoms with Crippen LogP contribution in [0.2, 0.25) is 5.02 Å². The minimum absolute atomic E-state index is 0.0846. The molecule has 0 saturated heterocycles. The number of hydrogen-bond acceptors (Lipinski definition) is 3. The zero-order valence-electron chi connectivity index (χ0n) is 15.9. The number of amides is 1. The third-order valence-corrected chi connectivity index (χ3v) is 5.78. The lowest BCUT2D eigenvalue weighted by Gasteiger charge is -2.30. The van der Waals surface area contributed by atoms with Crippen molar-refractivity contribution < 1.29 is 26.4 Å². The Morgan fingerprint density at radius 1 is 1.21 bits per heavy atom. The Morgan fingerprint density at radius 2 is 1.86 bits per heavy atom. The zero-order valence-corrected chi connectivity index (χ0v) is 17.5. The molecule has 0 fully saturated rings. The van der Waals surface area contributed by atoms with Gasteiger partial charge in [-0.3, -0.25) is 9.10 Å². The quantitative estimate of drug-likeness (QED) is 0.687. The van der Waals surface area contributed by atoms with Crippen molar-refractivity contribution >= 4 is 38.9 Å². The maximum atomic E-state index is 12.9. The van der Waals surface area contributed by atoms with Crippen molar-refractivity contribution in [2.45, 2.75) is 32.5 Å². The predicted octanol–water partition coefficient (Wildman–Crippen LogP) is 4.85. The lowest BCUT2D eigenvalue weighted by Crippen LogP contribution is -2.47. The van der Waals surface area contributed by atoms with E-state index in [1.165, 1.54) is 18.2 Å². The minimum Gasteiger partial charge on any atom is -0.324 e. The molecule has 2 rings (SSSR count). The standard InChI is InChI=1S/C19H20ClF3N2O3S/c1-4-17(18(26)24-14-7-5-6-13(10-14)19(21,22)23)25(29(3,27)28)15-9-8-12(2)16(20)11-15/h5-11,17H,4H2,1-3H3,(H,24,26)/t17-/m1/s1. The summed E-state index contributed by atoms with van der Waals surface area (Å²) in [4.78, 5) is 12.8. The van der Waals surface area contributed by atoms with E-state index in [0.29, 0.717) is 5.02 Å². The van der Waals surface area contributed by atoms with Crippen molar-refractivity contribution in [1.82, 2.24) is 0 Å². The first-order chi connectivity index (χ1) is 13.3. The summed E-state index contributed by atoms with van der Waals surface area (Å²) in [5.41, 5.74) is -0.0909. The SMILES string of the molecule is CC[C@H](C(=O)Nc1cccc(C(F)(F)F)c1)N(c1ccc(C)c(Cl)c1)S(C)(=O)=O. The summed E-state index contributed by atoms with van der Waals surface area (Å²) in [6, 6.07) is 7.51. The smallest absolute Gasteiger partial charge is 0.324 e. The topological polar surface area (TPSA) is 66.5 Å². The fourth-order valence-corrected chi connectivity index (χ4v) is 4.16. The van der Waals surface area contributed by atoms with Gasteiger partial charge >= 0.3 is 6.18 Å². The van der Waals surface area contributed by atoms with Crippen molar-refractivity contribution in [3.05, 3.63) is 58.6 Å². The number of alkyl halides is 3. The van der Waals surface area contributed by atoms with Gasteiger partial charge in [0.15, 0.2) is 0 Å². The Labute approximate surface area is 172 Å². The number of carbonyl (C=O) groups is 1. The highest BCUT2D eigenvalue weighted by atomic mass is 35.5. The van der Waals surface area contributed by atoms with Gasteiger partial charge in [0.25, 0.3) is 0 Å². The highest BCUT2D eigenvalue weighted by Gasteiger charge is 2.33. The average molecular weight is 449 g/mol. The van der Waals surface area contributed by atoms with Gasteiger partial charge < -0.3 is 5.32 Å². The molecule has 0 aromatic heterocycles. The van der Waals surface area contributed by atoms with Crippen molar-refractivity contribution in [2.24, 2.45) is 0 Å². The molecule has 2 aromatic carbocycles. The van der Waals surface area contributed by atoms with E-state index in [1.807, 2.05) is 0 Å². The van der Waals surface area contributed by atoms with Gasteiger partial charge in [0.05, 0.1) is 17.5 Å². The monoisotopic (exact) mass is 448 g/mol. The molecule has 29 heavy (non-hydrogen) atoms. The molecule has 0 saturated carbocycles. The summed E-state index contributed by atoms with van der Waals surface area (Å²) in [7, 11) is -3.89. The normalized spacial score (nSPS) is 13.1. The van der Waals surface area contributed by atoms with Crippen molar-refractivity contribution in [3.8, 4) is 0 Å². The Kier molecular flexibility index (Phi) is 6.85. The molecule has 1 amide bonds. The van der Waals surface area contributed by atoms with E-state index in [0.717, 1.165) is 34.3 Å². The summed E-state index contributed by atoms with van der Waals surface area (Å²) < 4.78 is 64.4. The lowest BCUT2D eigenvalue weighted by molar-refractivity contribution is -0.137. The van der Waals surface area contributed by atoms with E-state index >= 15 is 0 Å². The highest BCUT2D eigenvalue weighted by Crippen LogP contribution is 2.31. The van der Waals surface area contributed by atoms with E-state index in [9.17, 15) is 26.4 Å².